The van der Waals surface area contributed by atoms with Crippen molar-refractivity contribution in [3.63, 3.8) is 0 Å². The van der Waals surface area contributed by atoms with Crippen LogP contribution in [0, 0.1) is 0 Å². The smallest absolute Gasteiger partial charge is 0.317 e. The Morgan fingerprint density at radius 1 is 1.57 bits per heavy atom. The van der Waals surface area contributed by atoms with Crippen molar-refractivity contribution in [2.75, 3.05) is 27.2 Å². The van der Waals surface area contributed by atoms with Crippen LogP contribution in [0.25, 0.3) is 0 Å². The van der Waals surface area contributed by atoms with Crippen LogP contribution in [-0.2, 0) is 4.74 Å². The fourth-order valence-corrected chi connectivity index (χ4v) is 1.54. The summed E-state index contributed by atoms with van der Waals surface area (Å²) in [4.78, 5) is 13.1. The summed E-state index contributed by atoms with van der Waals surface area (Å²) in [6, 6.07) is -0.0178. The summed E-state index contributed by atoms with van der Waals surface area (Å²) in [7, 11) is 3.50. The van der Waals surface area contributed by atoms with Crippen molar-refractivity contribution >= 4 is 6.03 Å². The van der Waals surface area contributed by atoms with Gasteiger partial charge in [0.15, 0.2) is 0 Å². The van der Waals surface area contributed by atoms with Crippen molar-refractivity contribution in [2.45, 2.75) is 31.8 Å². The first kappa shape index (κ1) is 11.3. The highest BCUT2D eigenvalue weighted by Gasteiger charge is 2.37. The molecule has 0 spiro atoms. The van der Waals surface area contributed by atoms with Crippen LogP contribution in [-0.4, -0.2) is 43.8 Å². The molecule has 0 radical (unpaired) electrons. The highest BCUT2D eigenvalue weighted by Crippen LogP contribution is 2.34. The van der Waals surface area contributed by atoms with Gasteiger partial charge in [-0.15, -0.1) is 0 Å². The van der Waals surface area contributed by atoms with Gasteiger partial charge in [0.1, 0.15) is 0 Å². The van der Waals surface area contributed by atoms with Gasteiger partial charge in [0.25, 0.3) is 0 Å². The lowest BCUT2D eigenvalue weighted by molar-refractivity contribution is -0.0677. The third kappa shape index (κ3) is 2.38. The average Bonchev–Trinajstić information content (AvgIpc) is 2.15. The van der Waals surface area contributed by atoms with Gasteiger partial charge in [-0.25, -0.2) is 4.79 Å². The maximum Gasteiger partial charge on any atom is 0.317 e. The molecule has 0 heterocycles. The number of hydrogen-bond acceptors (Lipinski definition) is 2. The van der Waals surface area contributed by atoms with E-state index in [1.54, 1.807) is 19.1 Å². The predicted octanol–water partition coefficient (Wildman–Crippen LogP) is 1.22. The number of hydrogen-bond donors (Lipinski definition) is 1. The Hall–Kier alpha value is -0.770. The molecule has 1 saturated carbocycles. The van der Waals surface area contributed by atoms with Gasteiger partial charge < -0.3 is 15.0 Å². The van der Waals surface area contributed by atoms with E-state index in [0.717, 1.165) is 19.4 Å². The number of carbonyl (C=O) groups is 1. The van der Waals surface area contributed by atoms with Gasteiger partial charge >= 0.3 is 6.03 Å². The van der Waals surface area contributed by atoms with Crippen LogP contribution in [0.3, 0.4) is 0 Å². The topological polar surface area (TPSA) is 41.6 Å². The molecule has 1 N–H and O–H groups in total. The average molecular weight is 200 g/mol. The number of nitrogens with zero attached hydrogens (tertiary/aromatic N) is 1. The van der Waals surface area contributed by atoms with Gasteiger partial charge in [0.05, 0.1) is 5.60 Å². The third-order valence-electron chi connectivity index (χ3n) is 3.08. The second kappa shape index (κ2) is 4.64. The molecule has 4 nitrogen and oxygen atoms in total. The van der Waals surface area contributed by atoms with Crippen LogP contribution in [0.1, 0.15) is 26.2 Å². The zero-order valence-electron chi connectivity index (χ0n) is 9.30. The van der Waals surface area contributed by atoms with E-state index in [2.05, 4.69) is 5.32 Å². The van der Waals surface area contributed by atoms with Crippen molar-refractivity contribution in [1.29, 1.82) is 0 Å². The monoisotopic (exact) mass is 200 g/mol. The number of nitrogens with one attached hydrogen (secondary N) is 1. The summed E-state index contributed by atoms with van der Waals surface area (Å²) in [5, 5.41) is 2.89. The summed E-state index contributed by atoms with van der Waals surface area (Å²) in [5.74, 6) is 0. The molecule has 2 amide bonds. The number of rotatable bonds is 4. The van der Waals surface area contributed by atoms with E-state index >= 15 is 0 Å². The minimum Gasteiger partial charge on any atom is -0.376 e. The van der Waals surface area contributed by atoms with E-state index in [4.69, 9.17) is 4.74 Å². The molecule has 0 aromatic carbocycles. The maximum absolute atomic E-state index is 11.4. The molecule has 1 fully saturated rings. The SMILES string of the molecule is CCN(C)C(=O)NCC1(OC)CCC1. The molecule has 0 saturated heterocycles. The molecule has 0 bridgehead atoms. The lowest BCUT2D eigenvalue weighted by Crippen LogP contribution is -2.51. The minimum absolute atomic E-state index is 0.0178. The van der Waals surface area contributed by atoms with Crippen LogP contribution in [0.4, 0.5) is 4.79 Å². The number of methoxy groups -OCH3 is 1. The summed E-state index contributed by atoms with van der Waals surface area (Å²) in [6.45, 7) is 3.31. The van der Waals surface area contributed by atoms with Gasteiger partial charge in [-0.1, -0.05) is 0 Å². The molecular formula is C10H20N2O2. The van der Waals surface area contributed by atoms with E-state index in [1.165, 1.54) is 6.42 Å². The van der Waals surface area contributed by atoms with Gasteiger partial charge in [0.2, 0.25) is 0 Å². The van der Waals surface area contributed by atoms with Crippen LogP contribution < -0.4 is 5.32 Å². The van der Waals surface area contributed by atoms with E-state index in [0.29, 0.717) is 6.54 Å². The van der Waals surface area contributed by atoms with Crippen molar-refractivity contribution in [1.82, 2.24) is 10.2 Å². The number of amides is 2. The second-order valence-corrected chi connectivity index (χ2v) is 3.91. The van der Waals surface area contributed by atoms with Crippen molar-refractivity contribution in [3.05, 3.63) is 0 Å². The van der Waals surface area contributed by atoms with Crippen LogP contribution in [0.15, 0.2) is 0 Å². The lowest BCUT2D eigenvalue weighted by Gasteiger charge is -2.40. The molecule has 1 rings (SSSR count). The van der Waals surface area contributed by atoms with Crippen molar-refractivity contribution in [3.8, 4) is 0 Å². The standard InChI is InChI=1S/C10H20N2O2/c1-4-12(2)9(13)11-8-10(14-3)6-5-7-10/h4-8H2,1-3H3,(H,11,13). The zero-order valence-corrected chi connectivity index (χ0v) is 9.30. The Morgan fingerprint density at radius 3 is 2.57 bits per heavy atom. The van der Waals surface area contributed by atoms with Crippen LogP contribution in [0.2, 0.25) is 0 Å². The quantitative estimate of drug-likeness (QED) is 0.741. The molecule has 0 unspecified atom stereocenters. The largest absolute Gasteiger partial charge is 0.376 e. The van der Waals surface area contributed by atoms with E-state index in [9.17, 15) is 4.79 Å². The highest BCUT2D eigenvalue weighted by molar-refractivity contribution is 5.73. The molecule has 14 heavy (non-hydrogen) atoms. The van der Waals surface area contributed by atoms with Crippen LogP contribution in [0.5, 0.6) is 0 Å². The normalized spacial score (nSPS) is 18.5. The summed E-state index contributed by atoms with van der Waals surface area (Å²) in [6.07, 6.45) is 3.31. The number of ether oxygens (including phenoxy) is 1. The molecule has 1 aliphatic carbocycles. The van der Waals surface area contributed by atoms with Crippen molar-refractivity contribution in [2.24, 2.45) is 0 Å². The summed E-state index contributed by atoms with van der Waals surface area (Å²) < 4.78 is 5.40. The Morgan fingerprint density at radius 2 is 2.21 bits per heavy atom. The Labute approximate surface area is 85.6 Å². The molecule has 0 aliphatic heterocycles. The predicted molar refractivity (Wildman–Crippen MR) is 55.3 cm³/mol. The molecule has 0 aromatic heterocycles. The summed E-state index contributed by atoms with van der Waals surface area (Å²) in [5.41, 5.74) is -0.0791. The Kier molecular flexibility index (Phi) is 3.75. The van der Waals surface area contributed by atoms with Crippen molar-refractivity contribution < 1.29 is 9.53 Å². The molecule has 0 aromatic rings. The third-order valence-corrected chi connectivity index (χ3v) is 3.08. The van der Waals surface area contributed by atoms with Gasteiger partial charge in [-0.2, -0.15) is 0 Å². The Bertz CT molecular complexity index is 197. The van der Waals surface area contributed by atoms with Gasteiger partial charge in [0, 0.05) is 27.2 Å². The highest BCUT2D eigenvalue weighted by atomic mass is 16.5. The molecule has 82 valence electrons. The molecule has 4 heteroatoms. The maximum atomic E-state index is 11.4. The fraction of sp³-hybridized carbons (Fsp3) is 0.900. The Balaban J connectivity index is 2.28. The summed E-state index contributed by atoms with van der Waals surface area (Å²) >= 11 is 0. The van der Waals surface area contributed by atoms with Gasteiger partial charge in [-0.3, -0.25) is 0 Å². The number of carbonyl (C=O) groups excluding carboxylic acids is 1. The first-order valence-corrected chi connectivity index (χ1v) is 5.17. The first-order valence-electron chi connectivity index (χ1n) is 5.17. The number of urea groups is 1. The molecule has 1 aliphatic rings. The van der Waals surface area contributed by atoms with Crippen LogP contribution >= 0.6 is 0 Å². The van der Waals surface area contributed by atoms with E-state index in [-0.39, 0.29) is 11.6 Å². The van der Waals surface area contributed by atoms with E-state index in [1.807, 2.05) is 6.92 Å². The lowest BCUT2D eigenvalue weighted by atomic mass is 9.80. The fourth-order valence-electron chi connectivity index (χ4n) is 1.54. The zero-order chi connectivity index (χ0) is 10.6. The van der Waals surface area contributed by atoms with E-state index < -0.39 is 0 Å². The first-order chi connectivity index (χ1) is 6.63. The van der Waals surface area contributed by atoms with Gasteiger partial charge in [-0.05, 0) is 26.2 Å². The molecular weight excluding hydrogens is 180 g/mol. The molecule has 0 atom stereocenters. The minimum atomic E-state index is -0.0791. The second-order valence-electron chi connectivity index (χ2n) is 3.91.